The Bertz CT molecular complexity index is 359. The highest BCUT2D eigenvalue weighted by Crippen LogP contribution is 2.12. The van der Waals surface area contributed by atoms with E-state index in [9.17, 15) is 0 Å². The van der Waals surface area contributed by atoms with Gasteiger partial charge in [0.05, 0.1) is 16.9 Å². The Morgan fingerprint density at radius 2 is 2.00 bits per heavy atom. The molecule has 2 rings (SSSR count). The molecule has 0 saturated carbocycles. The Morgan fingerprint density at radius 3 is 2.67 bits per heavy atom. The molecular weight excluding hydrogens is 232 g/mol. The molecule has 0 spiro atoms. The van der Waals surface area contributed by atoms with E-state index in [1.54, 1.807) is 10.8 Å². The molecule has 4 heteroatoms. The van der Waals surface area contributed by atoms with Crippen molar-refractivity contribution in [1.29, 1.82) is 0 Å². The average molecular weight is 247 g/mol. The van der Waals surface area contributed by atoms with Crippen molar-refractivity contribution < 1.29 is 4.43 Å². The summed E-state index contributed by atoms with van der Waals surface area (Å²) in [5.74, 6) is 0. The topological polar surface area (TPSA) is 9.23 Å². The van der Waals surface area contributed by atoms with Gasteiger partial charge in [0.1, 0.15) is 0 Å². The number of benzene rings is 1. The molecule has 0 aromatic heterocycles. The van der Waals surface area contributed by atoms with Crippen LogP contribution in [0.3, 0.4) is 0 Å². The van der Waals surface area contributed by atoms with Crippen molar-refractivity contribution in [1.82, 2.24) is 0 Å². The summed E-state index contributed by atoms with van der Waals surface area (Å²) in [7, 11) is 1.56. The smallest absolute Gasteiger partial charge is 0.203 e. The van der Waals surface area contributed by atoms with Crippen molar-refractivity contribution in [2.24, 2.45) is 0 Å². The fourth-order valence-corrected chi connectivity index (χ4v) is 11.1. The van der Waals surface area contributed by atoms with E-state index < -0.39 is 0 Å². The molecule has 1 saturated heterocycles. The summed E-state index contributed by atoms with van der Waals surface area (Å²) in [5, 5.41) is 1.66. The van der Waals surface area contributed by atoms with Crippen LogP contribution in [0.1, 0.15) is 16.7 Å². The zero-order chi connectivity index (χ0) is 10.8. The third-order valence-electron chi connectivity index (χ3n) is 3.11. The Balaban J connectivity index is 2.31. The lowest BCUT2D eigenvalue weighted by Gasteiger charge is -2.22. The first-order valence-electron chi connectivity index (χ1n) is 5.26. The molecule has 0 atom stereocenters. The van der Waals surface area contributed by atoms with E-state index in [1.807, 2.05) is 0 Å². The van der Waals surface area contributed by atoms with E-state index in [0.29, 0.717) is 0 Å². The monoisotopic (exact) mass is 247 g/mol. The van der Waals surface area contributed by atoms with Gasteiger partial charge in [0.2, 0.25) is 9.28 Å². The van der Waals surface area contributed by atoms with Gasteiger partial charge in [-0.05, 0) is 43.5 Å². The molecule has 1 heterocycles. The molecule has 77 valence electrons. The molecule has 0 aliphatic carbocycles. The van der Waals surface area contributed by atoms with Crippen LogP contribution in [0.25, 0.3) is 0 Å². The minimum atomic E-state index is -0.279. The second-order valence-electron chi connectivity index (χ2n) is 3.98. The maximum absolute atomic E-state index is 5.48. The molecule has 0 N–H and O–H groups in total. The van der Waals surface area contributed by atoms with Crippen molar-refractivity contribution in [2.75, 3.05) is 6.61 Å². The number of hydrogen-bond donors (Lipinski definition) is 0. The fourth-order valence-electron chi connectivity index (χ4n) is 1.85. The van der Waals surface area contributed by atoms with Crippen LogP contribution >= 0.6 is 0 Å². The van der Waals surface area contributed by atoms with Gasteiger partial charge in [0, 0.05) is 6.61 Å². The summed E-state index contributed by atoms with van der Waals surface area (Å²) >= 11 is 0. The van der Waals surface area contributed by atoms with E-state index in [2.05, 4.69) is 32.9 Å². The molecule has 1 nitrogen and oxygen atoms in total. The lowest BCUT2D eigenvalue weighted by molar-refractivity contribution is 0.367. The normalized spacial score (nSPS) is 18.1. The summed E-state index contributed by atoms with van der Waals surface area (Å²) in [6.45, 7) is 7.74. The second-order valence-corrected chi connectivity index (χ2v) is 12.1. The standard InChI is InChI=1S/C11H15OSi3/c1-8-4-5-11(10(3)9(8)2)15-7-6-12-13-14-15/h4-5H,6-7H2,1-3H3. The predicted molar refractivity (Wildman–Crippen MR) is 68.3 cm³/mol. The Labute approximate surface area is 98.2 Å². The van der Waals surface area contributed by atoms with E-state index in [1.165, 1.54) is 17.2 Å². The number of rotatable bonds is 1. The van der Waals surface area contributed by atoms with Crippen molar-refractivity contribution >= 4 is 31.3 Å². The van der Waals surface area contributed by atoms with Gasteiger partial charge in [-0.2, -0.15) is 0 Å². The molecule has 1 aromatic carbocycles. The van der Waals surface area contributed by atoms with Crippen LogP contribution in [0.5, 0.6) is 0 Å². The van der Waals surface area contributed by atoms with Crippen LogP contribution in [0.2, 0.25) is 6.04 Å². The lowest BCUT2D eigenvalue weighted by Crippen LogP contribution is -2.46. The molecule has 0 amide bonds. The van der Waals surface area contributed by atoms with Crippen LogP contribution in [-0.4, -0.2) is 32.8 Å². The maximum Gasteiger partial charge on any atom is 0.203 e. The predicted octanol–water partition coefficient (Wildman–Crippen LogP) is 1.08. The SMILES string of the molecule is Cc1ccc([Si]2CCO[Si][Si]2)c(C)c1C. The largest absolute Gasteiger partial charge is 0.422 e. The zero-order valence-corrected chi connectivity index (χ0v) is 12.5. The van der Waals surface area contributed by atoms with Crippen LogP contribution in [0, 0.1) is 20.8 Å². The molecular formula is C11H15OSi3. The fraction of sp³-hybridized carbons (Fsp3) is 0.455. The quantitative estimate of drug-likeness (QED) is 0.675. The van der Waals surface area contributed by atoms with Gasteiger partial charge >= 0.3 is 0 Å². The van der Waals surface area contributed by atoms with Crippen LogP contribution in [0.15, 0.2) is 12.1 Å². The van der Waals surface area contributed by atoms with Crippen LogP contribution < -0.4 is 5.19 Å². The van der Waals surface area contributed by atoms with Gasteiger partial charge in [-0.15, -0.1) is 0 Å². The Morgan fingerprint density at radius 1 is 1.20 bits per heavy atom. The highest BCUT2D eigenvalue weighted by Gasteiger charge is 2.21. The highest BCUT2D eigenvalue weighted by atomic mass is 29.5. The van der Waals surface area contributed by atoms with Crippen molar-refractivity contribution in [2.45, 2.75) is 26.8 Å². The van der Waals surface area contributed by atoms with Crippen molar-refractivity contribution in [3.63, 3.8) is 0 Å². The summed E-state index contributed by atoms with van der Waals surface area (Å²) in [6.07, 6.45) is 0. The summed E-state index contributed by atoms with van der Waals surface area (Å²) in [6, 6.07) is 5.96. The number of aryl methyl sites for hydroxylation is 1. The van der Waals surface area contributed by atoms with Crippen LogP contribution in [0.4, 0.5) is 0 Å². The van der Waals surface area contributed by atoms with E-state index in [-0.39, 0.29) is 8.31 Å². The molecule has 0 unspecified atom stereocenters. The maximum atomic E-state index is 5.48. The zero-order valence-electron chi connectivity index (χ0n) is 9.48. The first-order chi connectivity index (χ1) is 7.20. The molecule has 1 aromatic rings. The van der Waals surface area contributed by atoms with Gasteiger partial charge in [-0.1, -0.05) is 17.3 Å². The highest BCUT2D eigenvalue weighted by molar-refractivity contribution is 7.38. The van der Waals surface area contributed by atoms with Gasteiger partial charge in [-0.3, -0.25) is 0 Å². The third-order valence-corrected chi connectivity index (χ3v) is 12.6. The Hall–Kier alpha value is -0.169. The van der Waals surface area contributed by atoms with Gasteiger partial charge < -0.3 is 4.43 Å². The first kappa shape index (κ1) is 11.3. The minimum absolute atomic E-state index is 0.279. The van der Waals surface area contributed by atoms with E-state index in [0.717, 1.165) is 24.4 Å². The molecule has 1 fully saturated rings. The van der Waals surface area contributed by atoms with Gasteiger partial charge in [0.25, 0.3) is 0 Å². The molecule has 5 radical (unpaired) electrons. The van der Waals surface area contributed by atoms with Crippen LogP contribution in [-0.2, 0) is 4.43 Å². The van der Waals surface area contributed by atoms with Crippen molar-refractivity contribution in [3.05, 3.63) is 28.8 Å². The first-order valence-corrected chi connectivity index (χ1v) is 10.9. The Kier molecular flexibility index (Phi) is 3.61. The summed E-state index contributed by atoms with van der Waals surface area (Å²) in [5.41, 5.74) is 4.46. The lowest BCUT2D eigenvalue weighted by atomic mass is 10.1. The van der Waals surface area contributed by atoms with E-state index in [4.69, 9.17) is 4.43 Å². The second kappa shape index (κ2) is 4.78. The molecule has 15 heavy (non-hydrogen) atoms. The minimum Gasteiger partial charge on any atom is -0.422 e. The summed E-state index contributed by atoms with van der Waals surface area (Å²) < 4.78 is 5.48. The van der Waals surface area contributed by atoms with Gasteiger partial charge in [0.15, 0.2) is 0 Å². The number of hydrogen-bond acceptors (Lipinski definition) is 1. The molecule has 1 aliphatic rings. The van der Waals surface area contributed by atoms with Crippen molar-refractivity contribution in [3.8, 4) is 0 Å². The summed E-state index contributed by atoms with van der Waals surface area (Å²) in [4.78, 5) is 0. The van der Waals surface area contributed by atoms with E-state index >= 15 is 0 Å². The molecule has 1 aliphatic heterocycles. The average Bonchev–Trinajstić information content (AvgIpc) is 2.27. The van der Waals surface area contributed by atoms with Gasteiger partial charge in [-0.25, -0.2) is 0 Å². The molecule has 0 bridgehead atoms. The third kappa shape index (κ3) is 2.33.